The number of carbonyl (C=O) groups is 1. The Morgan fingerprint density at radius 2 is 1.48 bits per heavy atom. The van der Waals surface area contributed by atoms with E-state index in [4.69, 9.17) is 9.47 Å². The number of hydrogen-bond acceptors (Lipinski definition) is 7. The van der Waals surface area contributed by atoms with Gasteiger partial charge in [0, 0.05) is 31.5 Å². The Balaban J connectivity index is 1.21. The fourth-order valence-electron chi connectivity index (χ4n) is 6.07. The Bertz CT molecular complexity index is 1670. The molecule has 0 unspecified atom stereocenters. The Hall–Kier alpha value is -4.18. The van der Waals surface area contributed by atoms with Gasteiger partial charge in [-0.1, -0.05) is 72.8 Å². The van der Waals surface area contributed by atoms with Crippen LogP contribution in [-0.2, 0) is 23.0 Å². The van der Waals surface area contributed by atoms with Crippen LogP contribution >= 0.6 is 0 Å². The molecule has 0 aromatic heterocycles. The second-order valence-corrected chi connectivity index (χ2v) is 14.0. The van der Waals surface area contributed by atoms with Crippen molar-refractivity contribution in [3.8, 4) is 11.5 Å². The number of sulfone groups is 1. The van der Waals surface area contributed by atoms with Crippen molar-refractivity contribution in [1.29, 1.82) is 0 Å². The lowest BCUT2D eigenvalue weighted by Gasteiger charge is -2.38. The third-order valence-electron chi connectivity index (χ3n) is 8.51. The summed E-state index contributed by atoms with van der Waals surface area (Å²) in [5.41, 5.74) is 3.54. The van der Waals surface area contributed by atoms with Crippen LogP contribution in [0.5, 0.6) is 11.5 Å². The summed E-state index contributed by atoms with van der Waals surface area (Å²) in [5, 5.41) is 20.4. The van der Waals surface area contributed by atoms with Crippen molar-refractivity contribution >= 4 is 15.8 Å². The van der Waals surface area contributed by atoms with Crippen molar-refractivity contribution in [2.75, 3.05) is 19.4 Å². The molecule has 1 aliphatic carbocycles. The van der Waals surface area contributed by atoms with Crippen LogP contribution in [0.25, 0.3) is 0 Å². The van der Waals surface area contributed by atoms with Gasteiger partial charge < -0.3 is 19.7 Å². The smallest absolute Gasteiger partial charge is 0.335 e. The predicted octanol–water partition coefficient (Wildman–Crippen LogP) is 6.34. The normalized spacial score (nSPS) is 17.4. The molecule has 4 aromatic rings. The Kier molecular flexibility index (Phi) is 11.1. The molecular weight excluding hydrogens is 602 g/mol. The molecule has 0 saturated heterocycles. The zero-order chi connectivity index (χ0) is 32.5. The standard InChI is InChI=1S/C37H41NO7S/c1-46(42,43)36-22-34(20-21-35(36)45-25-28-10-6-3-7-11-28)44-26-33(39)24-38(23-27-8-4-2-5-9-27)32-18-16-30(17-19-32)29-12-14-31(15-13-29)37(40)41/h2-15,20-22,30,32-33,39H,16-19,23-26H2,1H3,(H,40,41)/t30?,32?,33-/m0/s1. The van der Waals surface area contributed by atoms with E-state index in [9.17, 15) is 23.4 Å². The summed E-state index contributed by atoms with van der Waals surface area (Å²) >= 11 is 0. The van der Waals surface area contributed by atoms with Crippen LogP contribution in [0, 0.1) is 0 Å². The molecule has 1 atom stereocenters. The van der Waals surface area contributed by atoms with Crippen LogP contribution in [0.2, 0.25) is 0 Å². The summed E-state index contributed by atoms with van der Waals surface area (Å²) in [4.78, 5) is 13.6. The third-order valence-corrected chi connectivity index (χ3v) is 9.63. The van der Waals surface area contributed by atoms with E-state index in [1.807, 2.05) is 60.7 Å². The lowest BCUT2D eigenvalue weighted by molar-refractivity contribution is 0.0383. The van der Waals surface area contributed by atoms with Gasteiger partial charge in [-0.25, -0.2) is 13.2 Å². The highest BCUT2D eigenvalue weighted by molar-refractivity contribution is 7.90. The van der Waals surface area contributed by atoms with E-state index in [1.54, 1.807) is 24.3 Å². The van der Waals surface area contributed by atoms with E-state index in [0.717, 1.165) is 48.6 Å². The van der Waals surface area contributed by atoms with Crippen molar-refractivity contribution < 1.29 is 32.9 Å². The van der Waals surface area contributed by atoms with Gasteiger partial charge >= 0.3 is 5.97 Å². The topological polar surface area (TPSA) is 113 Å². The molecule has 0 spiro atoms. The number of ether oxygens (including phenoxy) is 2. The van der Waals surface area contributed by atoms with Crippen molar-refractivity contribution in [3.63, 3.8) is 0 Å². The van der Waals surface area contributed by atoms with Crippen molar-refractivity contribution in [2.24, 2.45) is 0 Å². The molecule has 46 heavy (non-hydrogen) atoms. The number of aromatic carboxylic acids is 1. The fraction of sp³-hybridized carbons (Fsp3) is 0.324. The maximum absolute atomic E-state index is 12.6. The summed E-state index contributed by atoms with van der Waals surface area (Å²) in [7, 11) is -3.60. The summed E-state index contributed by atoms with van der Waals surface area (Å²) in [6.45, 7) is 1.32. The average molecular weight is 644 g/mol. The van der Waals surface area contributed by atoms with E-state index in [0.29, 0.717) is 30.3 Å². The van der Waals surface area contributed by atoms with E-state index >= 15 is 0 Å². The highest BCUT2D eigenvalue weighted by Gasteiger charge is 2.28. The van der Waals surface area contributed by atoms with E-state index in [1.165, 1.54) is 6.07 Å². The Labute approximate surface area is 271 Å². The van der Waals surface area contributed by atoms with Gasteiger partial charge in [0.2, 0.25) is 0 Å². The number of hydrogen-bond donors (Lipinski definition) is 2. The molecule has 0 aliphatic heterocycles. The number of benzene rings is 4. The summed E-state index contributed by atoms with van der Waals surface area (Å²) in [6, 6.07) is 31.9. The molecule has 5 rings (SSSR count). The van der Waals surface area contributed by atoms with Crippen molar-refractivity contribution in [1.82, 2.24) is 4.90 Å². The first-order valence-corrected chi connectivity index (χ1v) is 17.5. The molecule has 0 heterocycles. The molecular formula is C37H41NO7S. The van der Waals surface area contributed by atoms with E-state index in [2.05, 4.69) is 17.0 Å². The molecule has 9 heteroatoms. The number of carboxylic acid groups (broad SMARTS) is 1. The lowest BCUT2D eigenvalue weighted by atomic mass is 9.81. The number of nitrogens with zero attached hydrogens (tertiary/aromatic N) is 1. The number of carboxylic acids is 1. The average Bonchev–Trinajstić information content (AvgIpc) is 3.07. The first-order valence-electron chi connectivity index (χ1n) is 15.6. The lowest BCUT2D eigenvalue weighted by Crippen LogP contribution is -2.43. The van der Waals surface area contributed by atoms with Gasteiger partial charge in [-0.05, 0) is 72.6 Å². The highest BCUT2D eigenvalue weighted by Crippen LogP contribution is 2.36. The molecule has 4 aromatic carbocycles. The molecule has 0 bridgehead atoms. The maximum atomic E-state index is 12.6. The van der Waals surface area contributed by atoms with Gasteiger partial charge in [0.1, 0.15) is 35.7 Å². The maximum Gasteiger partial charge on any atom is 0.335 e. The van der Waals surface area contributed by atoms with Crippen LogP contribution in [0.1, 0.15) is 58.6 Å². The van der Waals surface area contributed by atoms with Crippen LogP contribution in [0.3, 0.4) is 0 Å². The molecule has 1 saturated carbocycles. The van der Waals surface area contributed by atoms with Gasteiger partial charge in [0.25, 0.3) is 0 Å². The van der Waals surface area contributed by atoms with Crippen molar-refractivity contribution in [2.45, 2.75) is 61.8 Å². The monoisotopic (exact) mass is 643 g/mol. The quantitative estimate of drug-likeness (QED) is 0.164. The minimum atomic E-state index is -3.60. The van der Waals surface area contributed by atoms with Gasteiger partial charge in [0.05, 0.1) is 5.56 Å². The van der Waals surface area contributed by atoms with Crippen molar-refractivity contribution in [3.05, 3.63) is 125 Å². The zero-order valence-electron chi connectivity index (χ0n) is 26.0. The number of rotatable bonds is 14. The molecule has 0 amide bonds. The molecule has 0 radical (unpaired) electrons. The molecule has 2 N–H and O–H groups in total. The molecule has 242 valence electrons. The predicted molar refractivity (Wildman–Crippen MR) is 177 cm³/mol. The second kappa shape index (κ2) is 15.4. The number of aliphatic hydroxyl groups excluding tert-OH is 1. The fourth-order valence-corrected chi connectivity index (χ4v) is 6.89. The van der Waals surface area contributed by atoms with Gasteiger partial charge in [-0.3, -0.25) is 4.90 Å². The summed E-state index contributed by atoms with van der Waals surface area (Å²) < 4.78 is 36.9. The van der Waals surface area contributed by atoms with E-state index in [-0.39, 0.29) is 29.9 Å². The third kappa shape index (κ3) is 9.19. The van der Waals surface area contributed by atoms with Gasteiger partial charge in [-0.15, -0.1) is 0 Å². The minimum Gasteiger partial charge on any atom is -0.491 e. The van der Waals surface area contributed by atoms with Crippen LogP contribution in [-0.4, -0.2) is 61.1 Å². The first-order chi connectivity index (χ1) is 22.2. The van der Waals surface area contributed by atoms with E-state index < -0.39 is 21.9 Å². The van der Waals surface area contributed by atoms with Crippen LogP contribution < -0.4 is 9.47 Å². The summed E-state index contributed by atoms with van der Waals surface area (Å²) in [6.07, 6.45) is 4.18. The second-order valence-electron chi connectivity index (χ2n) is 12.0. The van der Waals surface area contributed by atoms with Gasteiger partial charge in [-0.2, -0.15) is 0 Å². The molecule has 1 fully saturated rings. The van der Waals surface area contributed by atoms with Crippen LogP contribution in [0.15, 0.2) is 108 Å². The molecule has 8 nitrogen and oxygen atoms in total. The Morgan fingerprint density at radius 3 is 2.09 bits per heavy atom. The Morgan fingerprint density at radius 1 is 0.848 bits per heavy atom. The van der Waals surface area contributed by atoms with Gasteiger partial charge in [0.15, 0.2) is 9.84 Å². The minimum absolute atomic E-state index is 0.00395. The van der Waals surface area contributed by atoms with Crippen LogP contribution in [0.4, 0.5) is 0 Å². The number of aliphatic hydroxyl groups is 1. The first kappa shape index (κ1) is 33.2. The summed E-state index contributed by atoms with van der Waals surface area (Å²) in [5.74, 6) is 0.0435. The largest absolute Gasteiger partial charge is 0.491 e. The zero-order valence-corrected chi connectivity index (χ0v) is 26.8. The molecule has 1 aliphatic rings. The highest BCUT2D eigenvalue weighted by atomic mass is 32.2. The SMILES string of the molecule is CS(=O)(=O)c1cc(OC[C@@H](O)CN(Cc2ccccc2)C2CCC(c3ccc(C(=O)O)cc3)CC2)ccc1OCc1ccccc1.